The van der Waals surface area contributed by atoms with E-state index < -0.39 is 5.60 Å². The maximum atomic E-state index is 13.9. The van der Waals surface area contributed by atoms with Crippen molar-refractivity contribution in [3.63, 3.8) is 0 Å². The van der Waals surface area contributed by atoms with E-state index in [1.807, 2.05) is 11.4 Å². The van der Waals surface area contributed by atoms with E-state index in [1.54, 1.807) is 40.2 Å². The fourth-order valence-corrected chi connectivity index (χ4v) is 4.86. The second-order valence-electron chi connectivity index (χ2n) is 7.87. The van der Waals surface area contributed by atoms with E-state index in [9.17, 15) is 9.18 Å². The number of anilines is 2. The van der Waals surface area contributed by atoms with Crippen LogP contribution >= 0.6 is 11.3 Å². The first kappa shape index (κ1) is 19.0. The number of nitrogens with one attached hydrogen (secondary N) is 1. The number of halogens is 1. The summed E-state index contributed by atoms with van der Waals surface area (Å²) in [5, 5.41) is 10.4. The number of para-hydroxylation sites is 1. The summed E-state index contributed by atoms with van der Waals surface area (Å²) in [6.45, 7) is 1.36. The minimum absolute atomic E-state index is 0.291. The Morgan fingerprint density at radius 1 is 1.27 bits per heavy atom. The summed E-state index contributed by atoms with van der Waals surface area (Å²) >= 11 is 1.45. The highest BCUT2D eigenvalue weighted by Crippen LogP contribution is 2.41. The molecule has 1 saturated carbocycles. The third kappa shape index (κ3) is 3.65. The molecular formula is C21H22FN5O2S. The van der Waals surface area contributed by atoms with Gasteiger partial charge < -0.3 is 10.1 Å². The molecule has 3 heterocycles. The van der Waals surface area contributed by atoms with E-state index >= 15 is 0 Å². The molecule has 0 radical (unpaired) electrons. The molecule has 0 bridgehead atoms. The van der Waals surface area contributed by atoms with Gasteiger partial charge in [-0.1, -0.05) is 12.1 Å². The van der Waals surface area contributed by atoms with Crippen molar-refractivity contribution in [2.45, 2.75) is 31.3 Å². The summed E-state index contributed by atoms with van der Waals surface area (Å²) in [6.07, 6.45) is 6.80. The van der Waals surface area contributed by atoms with E-state index in [-0.39, 0.29) is 11.9 Å². The molecule has 1 amide bonds. The Kier molecular flexibility index (Phi) is 4.90. The molecule has 30 heavy (non-hydrogen) atoms. The normalized spacial score (nSPS) is 23.7. The molecule has 2 aromatic heterocycles. The van der Waals surface area contributed by atoms with Gasteiger partial charge in [0.15, 0.2) is 5.13 Å². The Hall–Kier alpha value is -2.94. The summed E-state index contributed by atoms with van der Waals surface area (Å²) in [6, 6.07) is 8.42. The van der Waals surface area contributed by atoms with Crippen molar-refractivity contribution in [2.75, 3.05) is 23.3 Å². The molecule has 3 aromatic rings. The molecule has 1 spiro atoms. The van der Waals surface area contributed by atoms with Gasteiger partial charge in [-0.15, -0.1) is 11.3 Å². The molecule has 5 rings (SSSR count). The van der Waals surface area contributed by atoms with Crippen molar-refractivity contribution in [2.24, 2.45) is 5.92 Å². The monoisotopic (exact) mass is 427 g/mol. The third-order valence-electron chi connectivity index (χ3n) is 5.90. The van der Waals surface area contributed by atoms with Gasteiger partial charge in [0.1, 0.15) is 22.9 Å². The number of rotatable bonds is 5. The van der Waals surface area contributed by atoms with Gasteiger partial charge in [0, 0.05) is 30.4 Å². The molecule has 0 atom stereocenters. The van der Waals surface area contributed by atoms with Gasteiger partial charge in [0.05, 0.1) is 6.54 Å². The quantitative estimate of drug-likeness (QED) is 0.651. The highest BCUT2D eigenvalue weighted by atomic mass is 32.1. The fourth-order valence-electron chi connectivity index (χ4n) is 4.23. The number of carbonyl (C=O) groups excluding carboxylic acids is 1. The Bertz CT molecular complexity index is 1030. The van der Waals surface area contributed by atoms with Crippen molar-refractivity contribution in [3.05, 3.63) is 53.9 Å². The second kappa shape index (κ2) is 7.71. The summed E-state index contributed by atoms with van der Waals surface area (Å²) in [5.41, 5.74) is 0.0315. The number of thiazole rings is 1. The largest absolute Gasteiger partial charge is 0.441 e. The van der Waals surface area contributed by atoms with Crippen molar-refractivity contribution in [1.82, 2.24) is 14.8 Å². The number of carbonyl (C=O) groups is 1. The lowest BCUT2D eigenvalue weighted by molar-refractivity contribution is 0.0148. The van der Waals surface area contributed by atoms with Gasteiger partial charge >= 0.3 is 6.09 Å². The van der Waals surface area contributed by atoms with Gasteiger partial charge in [-0.2, -0.15) is 5.10 Å². The molecule has 1 saturated heterocycles. The highest BCUT2D eigenvalue weighted by Gasteiger charge is 2.48. The van der Waals surface area contributed by atoms with Crippen molar-refractivity contribution in [3.8, 4) is 5.69 Å². The van der Waals surface area contributed by atoms with E-state index in [0.717, 1.165) is 38.0 Å². The van der Waals surface area contributed by atoms with Crippen LogP contribution in [0.5, 0.6) is 0 Å². The molecule has 2 fully saturated rings. The number of benzene rings is 1. The average Bonchev–Trinajstić information content (AvgIpc) is 3.49. The predicted octanol–water partition coefficient (Wildman–Crippen LogP) is 4.47. The molecule has 1 aliphatic carbocycles. The molecule has 1 aliphatic heterocycles. The molecule has 9 heteroatoms. The van der Waals surface area contributed by atoms with Gasteiger partial charge in [-0.3, -0.25) is 0 Å². The average molecular weight is 428 g/mol. The van der Waals surface area contributed by atoms with Crippen LogP contribution in [0.3, 0.4) is 0 Å². The molecule has 1 N–H and O–H groups in total. The van der Waals surface area contributed by atoms with Gasteiger partial charge in [-0.05, 0) is 43.7 Å². The topological polar surface area (TPSA) is 72.3 Å². The zero-order valence-corrected chi connectivity index (χ0v) is 17.1. The first-order valence-corrected chi connectivity index (χ1v) is 10.9. The summed E-state index contributed by atoms with van der Waals surface area (Å²) in [4.78, 5) is 18.2. The predicted molar refractivity (Wildman–Crippen MR) is 113 cm³/mol. The van der Waals surface area contributed by atoms with Gasteiger partial charge in [0.2, 0.25) is 0 Å². The second-order valence-corrected chi connectivity index (χ2v) is 8.75. The first-order valence-electron chi connectivity index (χ1n) is 10.1. The van der Waals surface area contributed by atoms with E-state index in [4.69, 9.17) is 4.74 Å². The zero-order chi connectivity index (χ0) is 20.6. The van der Waals surface area contributed by atoms with Crippen molar-refractivity contribution in [1.29, 1.82) is 0 Å². The standard InChI is InChI=1S/C21H22FN5O2S/c22-16-3-1-2-4-17(16)27-11-7-18(25-27)24-13-15-5-8-21(9-6-15)14-26(20(28)29-21)19-23-10-12-30-19/h1-4,7,10-12,15H,5-6,8-9,13-14H2,(H,24,25). The minimum atomic E-state index is -0.397. The van der Waals surface area contributed by atoms with Crippen LogP contribution in [0.4, 0.5) is 20.1 Å². The molecule has 2 aliphatic rings. The maximum absolute atomic E-state index is 13.9. The Labute approximate surface area is 177 Å². The lowest BCUT2D eigenvalue weighted by Gasteiger charge is -2.35. The minimum Gasteiger partial charge on any atom is -0.441 e. The van der Waals surface area contributed by atoms with Crippen LogP contribution in [0.15, 0.2) is 48.1 Å². The molecule has 7 nitrogen and oxygen atoms in total. The van der Waals surface area contributed by atoms with Crippen LogP contribution in [0.2, 0.25) is 0 Å². The van der Waals surface area contributed by atoms with Crippen LogP contribution in [-0.4, -0.2) is 39.5 Å². The number of amides is 1. The molecule has 0 unspecified atom stereocenters. The lowest BCUT2D eigenvalue weighted by Crippen LogP contribution is -2.39. The van der Waals surface area contributed by atoms with Crippen LogP contribution < -0.4 is 10.2 Å². The smallest absolute Gasteiger partial charge is 0.416 e. The summed E-state index contributed by atoms with van der Waals surface area (Å²) in [5.74, 6) is 0.894. The molecule has 1 aromatic carbocycles. The number of aromatic nitrogens is 3. The zero-order valence-electron chi connectivity index (χ0n) is 16.3. The van der Waals surface area contributed by atoms with Gasteiger partial charge in [0.25, 0.3) is 0 Å². The van der Waals surface area contributed by atoms with Crippen LogP contribution in [0.1, 0.15) is 25.7 Å². The number of nitrogens with zero attached hydrogens (tertiary/aromatic N) is 4. The third-order valence-corrected chi connectivity index (χ3v) is 6.69. The Morgan fingerprint density at radius 2 is 2.10 bits per heavy atom. The maximum Gasteiger partial charge on any atom is 0.416 e. The van der Waals surface area contributed by atoms with Crippen molar-refractivity contribution < 1.29 is 13.9 Å². The van der Waals surface area contributed by atoms with E-state index in [0.29, 0.717) is 23.3 Å². The first-order chi connectivity index (χ1) is 14.6. The van der Waals surface area contributed by atoms with E-state index in [1.165, 1.54) is 17.4 Å². The SMILES string of the molecule is O=C1OC2(CCC(CNc3ccn(-c4ccccc4F)n3)CC2)CN1c1nccs1. The van der Waals surface area contributed by atoms with Crippen molar-refractivity contribution >= 4 is 28.4 Å². The lowest BCUT2D eigenvalue weighted by atomic mass is 9.78. The van der Waals surface area contributed by atoms with Gasteiger partial charge in [-0.25, -0.2) is 23.8 Å². The Balaban J connectivity index is 1.15. The summed E-state index contributed by atoms with van der Waals surface area (Å²) in [7, 11) is 0. The van der Waals surface area contributed by atoms with Crippen LogP contribution in [-0.2, 0) is 4.74 Å². The summed E-state index contributed by atoms with van der Waals surface area (Å²) < 4.78 is 21.3. The fraction of sp³-hybridized carbons (Fsp3) is 0.381. The highest BCUT2D eigenvalue weighted by molar-refractivity contribution is 7.13. The van der Waals surface area contributed by atoms with E-state index in [2.05, 4.69) is 15.4 Å². The molecule has 156 valence electrons. The number of hydrogen-bond acceptors (Lipinski definition) is 6. The number of hydrogen-bond donors (Lipinski definition) is 1. The Morgan fingerprint density at radius 3 is 2.87 bits per heavy atom. The number of ether oxygens (including phenoxy) is 1. The van der Waals surface area contributed by atoms with Crippen LogP contribution in [0, 0.1) is 11.7 Å². The van der Waals surface area contributed by atoms with Crippen LogP contribution in [0.25, 0.3) is 5.69 Å². The molecular weight excluding hydrogens is 405 g/mol.